The van der Waals surface area contributed by atoms with E-state index in [2.05, 4.69) is 9.97 Å². The van der Waals surface area contributed by atoms with Crippen molar-refractivity contribution in [2.75, 3.05) is 13.4 Å². The number of hydrogen-bond acceptors (Lipinski definition) is 5. The summed E-state index contributed by atoms with van der Waals surface area (Å²) in [6.07, 6.45) is 5.37. The van der Waals surface area contributed by atoms with E-state index in [0.717, 1.165) is 6.26 Å². The van der Waals surface area contributed by atoms with Gasteiger partial charge in [-0.1, -0.05) is 0 Å². The Labute approximate surface area is 138 Å². The molecule has 0 unspecified atom stereocenters. The number of imidazole rings is 1. The molecule has 0 spiro atoms. The van der Waals surface area contributed by atoms with Crippen LogP contribution < -0.4 is 4.74 Å². The van der Waals surface area contributed by atoms with E-state index in [9.17, 15) is 12.8 Å². The molecule has 3 aromatic rings. The van der Waals surface area contributed by atoms with Crippen LogP contribution in [0.5, 0.6) is 5.75 Å². The SMILES string of the molecule is COc1ccc(-c2cncn2-c2ccc(S(C)(=O)=O)cn2)c(F)c1. The quantitative estimate of drug-likeness (QED) is 0.725. The number of halogens is 1. The molecule has 0 saturated carbocycles. The Kier molecular flexibility index (Phi) is 4.06. The summed E-state index contributed by atoms with van der Waals surface area (Å²) in [5, 5.41) is 0. The first-order valence-electron chi connectivity index (χ1n) is 6.93. The number of sulfone groups is 1. The summed E-state index contributed by atoms with van der Waals surface area (Å²) in [6.45, 7) is 0. The molecule has 0 aliphatic heterocycles. The standard InChI is InChI=1S/C16H14FN3O3S/c1-23-11-3-5-13(14(17)7-11)15-9-18-10-20(15)16-6-4-12(8-19-16)24(2,21)22/h3-10H,1-2H3. The molecule has 0 aliphatic carbocycles. The van der Waals surface area contributed by atoms with Crippen LogP contribution in [0.4, 0.5) is 4.39 Å². The molecule has 24 heavy (non-hydrogen) atoms. The molecule has 0 N–H and O–H groups in total. The number of ether oxygens (including phenoxy) is 1. The van der Waals surface area contributed by atoms with Crippen molar-refractivity contribution >= 4 is 9.84 Å². The average molecular weight is 347 g/mol. The zero-order valence-electron chi connectivity index (χ0n) is 13.0. The monoisotopic (exact) mass is 347 g/mol. The fourth-order valence-corrected chi connectivity index (χ4v) is 2.80. The van der Waals surface area contributed by atoms with Crippen molar-refractivity contribution in [2.24, 2.45) is 0 Å². The second kappa shape index (κ2) is 6.04. The van der Waals surface area contributed by atoms with Gasteiger partial charge < -0.3 is 4.74 Å². The third kappa shape index (κ3) is 3.00. The van der Waals surface area contributed by atoms with Crippen LogP contribution >= 0.6 is 0 Å². The number of rotatable bonds is 4. The molecule has 0 radical (unpaired) electrons. The van der Waals surface area contributed by atoms with Gasteiger partial charge in [-0.3, -0.25) is 4.57 Å². The summed E-state index contributed by atoms with van der Waals surface area (Å²) in [5.74, 6) is 0.395. The van der Waals surface area contributed by atoms with Crippen LogP contribution in [-0.4, -0.2) is 36.3 Å². The summed E-state index contributed by atoms with van der Waals surface area (Å²) in [5.41, 5.74) is 0.831. The highest BCUT2D eigenvalue weighted by atomic mass is 32.2. The van der Waals surface area contributed by atoms with Gasteiger partial charge in [-0.25, -0.2) is 22.8 Å². The van der Waals surface area contributed by atoms with Gasteiger partial charge in [0.25, 0.3) is 0 Å². The highest BCUT2D eigenvalue weighted by Crippen LogP contribution is 2.27. The summed E-state index contributed by atoms with van der Waals surface area (Å²) in [4.78, 5) is 8.28. The topological polar surface area (TPSA) is 74.1 Å². The maximum Gasteiger partial charge on any atom is 0.177 e. The van der Waals surface area contributed by atoms with E-state index in [1.54, 1.807) is 22.8 Å². The van der Waals surface area contributed by atoms with Crippen LogP contribution in [0.15, 0.2) is 53.9 Å². The number of aromatic nitrogens is 3. The molecule has 3 rings (SSSR count). The molecule has 0 saturated heterocycles. The molecule has 0 bridgehead atoms. The van der Waals surface area contributed by atoms with Crippen LogP contribution in [0.2, 0.25) is 0 Å². The summed E-state index contributed by atoms with van der Waals surface area (Å²) < 4.78 is 43.9. The Morgan fingerprint density at radius 3 is 2.54 bits per heavy atom. The van der Waals surface area contributed by atoms with Crippen LogP contribution in [0.25, 0.3) is 17.1 Å². The number of nitrogens with zero attached hydrogens (tertiary/aromatic N) is 3. The van der Waals surface area contributed by atoms with E-state index in [1.807, 2.05) is 0 Å². The van der Waals surface area contributed by atoms with Crippen molar-refractivity contribution in [3.8, 4) is 22.8 Å². The highest BCUT2D eigenvalue weighted by molar-refractivity contribution is 7.90. The van der Waals surface area contributed by atoms with Crippen molar-refractivity contribution in [3.63, 3.8) is 0 Å². The van der Waals surface area contributed by atoms with Gasteiger partial charge in [-0.15, -0.1) is 0 Å². The summed E-state index contributed by atoms with van der Waals surface area (Å²) in [7, 11) is -1.86. The van der Waals surface area contributed by atoms with E-state index in [-0.39, 0.29) is 4.90 Å². The van der Waals surface area contributed by atoms with E-state index in [4.69, 9.17) is 4.74 Å². The van der Waals surface area contributed by atoms with Crippen molar-refractivity contribution in [1.29, 1.82) is 0 Å². The third-order valence-electron chi connectivity index (χ3n) is 3.49. The fraction of sp³-hybridized carbons (Fsp3) is 0.125. The Morgan fingerprint density at radius 2 is 1.96 bits per heavy atom. The molecule has 0 atom stereocenters. The summed E-state index contributed by atoms with van der Waals surface area (Å²) in [6, 6.07) is 7.52. The van der Waals surface area contributed by atoms with Gasteiger partial charge in [0.15, 0.2) is 9.84 Å². The van der Waals surface area contributed by atoms with Crippen molar-refractivity contribution in [1.82, 2.24) is 14.5 Å². The van der Waals surface area contributed by atoms with E-state index in [0.29, 0.717) is 22.8 Å². The Morgan fingerprint density at radius 1 is 1.17 bits per heavy atom. The maximum atomic E-state index is 14.3. The smallest absolute Gasteiger partial charge is 0.177 e. The first-order valence-corrected chi connectivity index (χ1v) is 8.82. The van der Waals surface area contributed by atoms with Gasteiger partial charge in [0.2, 0.25) is 0 Å². The predicted octanol–water partition coefficient (Wildman–Crippen LogP) is 2.49. The van der Waals surface area contributed by atoms with E-state index < -0.39 is 15.7 Å². The lowest BCUT2D eigenvalue weighted by Crippen LogP contribution is -2.02. The fourth-order valence-electron chi connectivity index (χ4n) is 2.24. The summed E-state index contributed by atoms with van der Waals surface area (Å²) >= 11 is 0. The minimum atomic E-state index is -3.33. The maximum absolute atomic E-state index is 14.3. The largest absolute Gasteiger partial charge is 0.497 e. The van der Waals surface area contributed by atoms with E-state index in [1.165, 1.54) is 38.0 Å². The second-order valence-corrected chi connectivity index (χ2v) is 7.13. The van der Waals surface area contributed by atoms with Crippen LogP contribution in [0, 0.1) is 5.82 Å². The molecular weight excluding hydrogens is 333 g/mol. The lowest BCUT2D eigenvalue weighted by Gasteiger charge is -2.09. The van der Waals surface area contributed by atoms with Gasteiger partial charge in [0.05, 0.1) is 23.9 Å². The average Bonchev–Trinajstić information content (AvgIpc) is 3.03. The van der Waals surface area contributed by atoms with Crippen molar-refractivity contribution < 1.29 is 17.5 Å². The van der Waals surface area contributed by atoms with Crippen LogP contribution in [-0.2, 0) is 9.84 Å². The zero-order chi connectivity index (χ0) is 17.3. The molecule has 2 aromatic heterocycles. The number of methoxy groups -OCH3 is 1. The first-order chi connectivity index (χ1) is 11.4. The molecule has 1 aromatic carbocycles. The number of benzene rings is 1. The van der Waals surface area contributed by atoms with Gasteiger partial charge >= 0.3 is 0 Å². The Hall–Kier alpha value is -2.74. The minimum absolute atomic E-state index is 0.114. The molecule has 0 fully saturated rings. The van der Waals surface area contributed by atoms with Gasteiger partial charge in [0, 0.05) is 24.1 Å². The highest BCUT2D eigenvalue weighted by Gasteiger charge is 2.14. The molecule has 6 nitrogen and oxygen atoms in total. The van der Waals surface area contributed by atoms with Gasteiger partial charge in [0.1, 0.15) is 23.7 Å². The number of hydrogen-bond donors (Lipinski definition) is 0. The Bertz CT molecular complexity index is 982. The Balaban J connectivity index is 2.05. The zero-order valence-corrected chi connectivity index (χ0v) is 13.8. The predicted molar refractivity (Wildman–Crippen MR) is 86.4 cm³/mol. The minimum Gasteiger partial charge on any atom is -0.497 e. The van der Waals surface area contributed by atoms with Crippen LogP contribution in [0.1, 0.15) is 0 Å². The molecule has 0 aliphatic rings. The van der Waals surface area contributed by atoms with Crippen molar-refractivity contribution in [2.45, 2.75) is 4.90 Å². The molecule has 2 heterocycles. The lowest BCUT2D eigenvalue weighted by molar-refractivity contribution is 0.411. The molecule has 124 valence electrons. The second-order valence-electron chi connectivity index (χ2n) is 5.12. The first kappa shape index (κ1) is 16.1. The molecular formula is C16H14FN3O3S. The van der Waals surface area contributed by atoms with Crippen molar-refractivity contribution in [3.05, 3.63) is 54.9 Å². The van der Waals surface area contributed by atoms with Crippen LogP contribution in [0.3, 0.4) is 0 Å². The lowest BCUT2D eigenvalue weighted by atomic mass is 10.1. The van der Waals surface area contributed by atoms with Gasteiger partial charge in [-0.2, -0.15) is 0 Å². The normalized spacial score (nSPS) is 11.5. The number of pyridine rings is 1. The molecule has 0 amide bonds. The van der Waals surface area contributed by atoms with E-state index >= 15 is 0 Å². The third-order valence-corrected chi connectivity index (χ3v) is 4.58. The van der Waals surface area contributed by atoms with Gasteiger partial charge in [-0.05, 0) is 24.3 Å². The molecule has 8 heteroatoms.